The van der Waals surface area contributed by atoms with Crippen molar-refractivity contribution in [3.05, 3.63) is 30.5 Å². The predicted molar refractivity (Wildman–Crippen MR) is 67.1 cm³/mol. The molecule has 2 aromatic heterocycles. The lowest BCUT2D eigenvalue weighted by Gasteiger charge is -2.08. The molecule has 2 rings (SSSR count). The third-order valence-electron chi connectivity index (χ3n) is 2.12. The summed E-state index contributed by atoms with van der Waals surface area (Å²) in [6, 6.07) is 0. The standard InChI is InChI=1S/C11H13N5S/c1-3-13-10-8(2)11(16-7-15-10)17-9-6-12-4-5-14-9/h4-7H,3H2,1-2H3,(H,13,15,16). The summed E-state index contributed by atoms with van der Waals surface area (Å²) in [6.45, 7) is 4.88. The smallest absolute Gasteiger partial charge is 0.133 e. The van der Waals surface area contributed by atoms with Gasteiger partial charge in [0.1, 0.15) is 22.2 Å². The van der Waals surface area contributed by atoms with Crippen LogP contribution in [0, 0.1) is 6.92 Å². The van der Waals surface area contributed by atoms with Gasteiger partial charge in [0.05, 0.1) is 6.20 Å². The second-order valence-corrected chi connectivity index (χ2v) is 4.34. The maximum atomic E-state index is 4.26. The van der Waals surface area contributed by atoms with Gasteiger partial charge in [0, 0.05) is 24.5 Å². The molecule has 2 aromatic rings. The van der Waals surface area contributed by atoms with E-state index in [0.717, 1.165) is 28.0 Å². The van der Waals surface area contributed by atoms with Crippen LogP contribution in [0.15, 0.2) is 35.0 Å². The van der Waals surface area contributed by atoms with E-state index in [4.69, 9.17) is 0 Å². The van der Waals surface area contributed by atoms with Crippen molar-refractivity contribution in [3.63, 3.8) is 0 Å². The summed E-state index contributed by atoms with van der Waals surface area (Å²) in [5, 5.41) is 4.93. The first kappa shape index (κ1) is 11.8. The first-order valence-corrected chi connectivity index (χ1v) is 6.12. The monoisotopic (exact) mass is 247 g/mol. The summed E-state index contributed by atoms with van der Waals surface area (Å²) in [6.07, 6.45) is 6.61. The molecular formula is C11H13N5S. The highest BCUT2D eigenvalue weighted by Crippen LogP contribution is 2.28. The second-order valence-electron chi connectivity index (χ2n) is 3.33. The largest absolute Gasteiger partial charge is 0.370 e. The molecule has 5 nitrogen and oxygen atoms in total. The highest BCUT2D eigenvalue weighted by atomic mass is 32.2. The van der Waals surface area contributed by atoms with E-state index < -0.39 is 0 Å². The Hall–Kier alpha value is -1.69. The fraction of sp³-hybridized carbons (Fsp3) is 0.273. The number of hydrogen-bond donors (Lipinski definition) is 1. The normalized spacial score (nSPS) is 10.2. The van der Waals surface area contributed by atoms with Crippen LogP contribution in [0.25, 0.3) is 0 Å². The van der Waals surface area contributed by atoms with Crippen LogP contribution in [0.1, 0.15) is 12.5 Å². The maximum absolute atomic E-state index is 4.26. The lowest BCUT2D eigenvalue weighted by atomic mass is 10.3. The van der Waals surface area contributed by atoms with Gasteiger partial charge >= 0.3 is 0 Å². The van der Waals surface area contributed by atoms with Crippen LogP contribution >= 0.6 is 11.8 Å². The fourth-order valence-corrected chi connectivity index (χ4v) is 2.09. The molecule has 1 N–H and O–H groups in total. The fourth-order valence-electron chi connectivity index (χ4n) is 1.32. The van der Waals surface area contributed by atoms with Crippen molar-refractivity contribution in [1.29, 1.82) is 0 Å². The average Bonchev–Trinajstić information content (AvgIpc) is 2.36. The summed E-state index contributed by atoms with van der Waals surface area (Å²) >= 11 is 1.49. The van der Waals surface area contributed by atoms with Crippen molar-refractivity contribution in [1.82, 2.24) is 19.9 Å². The molecule has 0 atom stereocenters. The average molecular weight is 247 g/mol. The number of nitrogens with one attached hydrogen (secondary N) is 1. The molecule has 6 heteroatoms. The Morgan fingerprint density at radius 1 is 1.24 bits per heavy atom. The van der Waals surface area contributed by atoms with E-state index in [1.807, 2.05) is 13.8 Å². The van der Waals surface area contributed by atoms with E-state index in [1.165, 1.54) is 11.8 Å². The van der Waals surface area contributed by atoms with Gasteiger partial charge in [0.25, 0.3) is 0 Å². The minimum absolute atomic E-state index is 0.830. The molecule has 0 radical (unpaired) electrons. The van der Waals surface area contributed by atoms with Gasteiger partial charge in [-0.15, -0.1) is 0 Å². The Balaban J connectivity index is 2.24. The molecule has 0 amide bonds. The van der Waals surface area contributed by atoms with Crippen molar-refractivity contribution in [3.8, 4) is 0 Å². The lowest BCUT2D eigenvalue weighted by Crippen LogP contribution is -2.03. The van der Waals surface area contributed by atoms with Crippen molar-refractivity contribution in [2.45, 2.75) is 23.9 Å². The van der Waals surface area contributed by atoms with E-state index >= 15 is 0 Å². The van der Waals surface area contributed by atoms with Crippen LogP contribution in [-0.2, 0) is 0 Å². The molecule has 0 aliphatic heterocycles. The molecule has 0 spiro atoms. The van der Waals surface area contributed by atoms with Crippen LogP contribution in [-0.4, -0.2) is 26.5 Å². The zero-order valence-electron chi connectivity index (χ0n) is 9.71. The molecule has 88 valence electrons. The molecular weight excluding hydrogens is 234 g/mol. The third-order valence-corrected chi connectivity index (χ3v) is 3.15. The molecule has 0 aromatic carbocycles. The lowest BCUT2D eigenvalue weighted by molar-refractivity contribution is 0.980. The second kappa shape index (κ2) is 5.58. The minimum atomic E-state index is 0.830. The van der Waals surface area contributed by atoms with Gasteiger partial charge < -0.3 is 5.32 Å². The molecule has 0 unspecified atom stereocenters. The van der Waals surface area contributed by atoms with Crippen LogP contribution < -0.4 is 5.32 Å². The minimum Gasteiger partial charge on any atom is -0.370 e. The van der Waals surface area contributed by atoms with Crippen LogP contribution in [0.2, 0.25) is 0 Å². The Bertz CT molecular complexity index is 488. The highest BCUT2D eigenvalue weighted by Gasteiger charge is 2.08. The van der Waals surface area contributed by atoms with E-state index in [2.05, 4.69) is 25.3 Å². The Labute approximate surface area is 104 Å². The molecule has 0 aliphatic carbocycles. The van der Waals surface area contributed by atoms with Gasteiger partial charge in [-0.3, -0.25) is 4.98 Å². The topological polar surface area (TPSA) is 63.6 Å². The molecule has 17 heavy (non-hydrogen) atoms. The van der Waals surface area contributed by atoms with E-state index in [0.29, 0.717) is 0 Å². The van der Waals surface area contributed by atoms with Gasteiger partial charge in [0.2, 0.25) is 0 Å². The summed E-state index contributed by atoms with van der Waals surface area (Å²) < 4.78 is 0. The van der Waals surface area contributed by atoms with E-state index in [-0.39, 0.29) is 0 Å². The first-order valence-electron chi connectivity index (χ1n) is 5.30. The van der Waals surface area contributed by atoms with Crippen LogP contribution in [0.5, 0.6) is 0 Å². The van der Waals surface area contributed by atoms with Gasteiger partial charge in [-0.05, 0) is 25.6 Å². The Morgan fingerprint density at radius 2 is 2.12 bits per heavy atom. The SMILES string of the molecule is CCNc1ncnc(Sc2cnccn2)c1C. The predicted octanol–water partition coefficient (Wildman–Crippen LogP) is 2.16. The van der Waals surface area contributed by atoms with Crippen LogP contribution in [0.3, 0.4) is 0 Å². The summed E-state index contributed by atoms with van der Waals surface area (Å²) in [4.78, 5) is 16.7. The van der Waals surface area contributed by atoms with Crippen molar-refractivity contribution < 1.29 is 0 Å². The molecule has 0 saturated carbocycles. The quantitative estimate of drug-likeness (QED) is 0.835. The van der Waals surface area contributed by atoms with Crippen molar-refractivity contribution in [2.24, 2.45) is 0 Å². The molecule has 0 saturated heterocycles. The van der Waals surface area contributed by atoms with Gasteiger partial charge in [-0.25, -0.2) is 15.0 Å². The Kier molecular flexibility index (Phi) is 3.87. The van der Waals surface area contributed by atoms with Gasteiger partial charge in [-0.1, -0.05) is 0 Å². The highest BCUT2D eigenvalue weighted by molar-refractivity contribution is 7.99. The number of rotatable bonds is 4. The molecule has 0 fully saturated rings. The van der Waals surface area contributed by atoms with E-state index in [1.54, 1.807) is 24.9 Å². The molecule has 0 bridgehead atoms. The Morgan fingerprint density at radius 3 is 2.82 bits per heavy atom. The summed E-state index contributed by atoms with van der Waals surface area (Å²) in [5.41, 5.74) is 1.03. The number of aromatic nitrogens is 4. The molecule has 0 aliphatic rings. The number of anilines is 1. The maximum Gasteiger partial charge on any atom is 0.133 e. The zero-order chi connectivity index (χ0) is 12.1. The first-order chi connectivity index (χ1) is 8.31. The summed E-state index contributed by atoms with van der Waals surface area (Å²) in [5.74, 6) is 0.869. The zero-order valence-corrected chi connectivity index (χ0v) is 10.5. The number of hydrogen-bond acceptors (Lipinski definition) is 6. The van der Waals surface area contributed by atoms with Crippen molar-refractivity contribution in [2.75, 3.05) is 11.9 Å². The molecule has 2 heterocycles. The number of nitrogens with zero attached hydrogens (tertiary/aromatic N) is 4. The van der Waals surface area contributed by atoms with Gasteiger partial charge in [0.15, 0.2) is 0 Å². The summed E-state index contributed by atoms with van der Waals surface area (Å²) in [7, 11) is 0. The van der Waals surface area contributed by atoms with Crippen molar-refractivity contribution >= 4 is 17.6 Å². The van der Waals surface area contributed by atoms with Crippen LogP contribution in [0.4, 0.5) is 5.82 Å². The van der Waals surface area contributed by atoms with E-state index in [9.17, 15) is 0 Å². The van der Waals surface area contributed by atoms with Gasteiger partial charge in [-0.2, -0.15) is 0 Å². The third kappa shape index (κ3) is 2.91.